The van der Waals surface area contributed by atoms with E-state index in [1.54, 1.807) is 0 Å². The molecule has 1 fully saturated rings. The number of hydrogen-bond acceptors (Lipinski definition) is 3. The number of guanidine groups is 1. The van der Waals surface area contributed by atoms with Crippen molar-refractivity contribution in [2.75, 3.05) is 46.6 Å². The molecular formula is C21H35N3O2. The summed E-state index contributed by atoms with van der Waals surface area (Å²) in [4.78, 5) is 6.92. The van der Waals surface area contributed by atoms with E-state index in [1.165, 1.54) is 11.1 Å². The first-order chi connectivity index (χ1) is 12.7. The summed E-state index contributed by atoms with van der Waals surface area (Å²) in [7, 11) is 2.09. The molecule has 0 saturated carbocycles. The highest BCUT2D eigenvalue weighted by atomic mass is 16.5. The zero-order chi connectivity index (χ0) is 18.6. The average Bonchev–Trinajstić information content (AvgIpc) is 2.66. The highest BCUT2D eigenvalue weighted by Gasteiger charge is 2.13. The summed E-state index contributed by atoms with van der Waals surface area (Å²) in [5, 5.41) is 3.38. The summed E-state index contributed by atoms with van der Waals surface area (Å²) in [5.41, 5.74) is 2.58. The summed E-state index contributed by atoms with van der Waals surface area (Å²) >= 11 is 0. The van der Waals surface area contributed by atoms with E-state index >= 15 is 0 Å². The van der Waals surface area contributed by atoms with Crippen LogP contribution < -0.4 is 5.32 Å². The summed E-state index contributed by atoms with van der Waals surface area (Å²) < 4.78 is 11.2. The van der Waals surface area contributed by atoms with E-state index in [0.717, 1.165) is 71.3 Å². The molecule has 26 heavy (non-hydrogen) atoms. The molecule has 1 aromatic rings. The van der Waals surface area contributed by atoms with Crippen LogP contribution in [0.5, 0.6) is 0 Å². The van der Waals surface area contributed by atoms with Gasteiger partial charge in [-0.3, -0.25) is 4.99 Å². The lowest BCUT2D eigenvalue weighted by molar-refractivity contribution is 0.0205. The number of benzene rings is 1. The monoisotopic (exact) mass is 361 g/mol. The second-order valence-electron chi connectivity index (χ2n) is 7.06. The van der Waals surface area contributed by atoms with Crippen molar-refractivity contribution in [3.05, 3.63) is 35.4 Å². The molecule has 1 aliphatic heterocycles. The summed E-state index contributed by atoms with van der Waals surface area (Å²) in [6, 6.07) is 8.67. The molecule has 5 heteroatoms. The van der Waals surface area contributed by atoms with Crippen LogP contribution in [0.3, 0.4) is 0 Å². The van der Waals surface area contributed by atoms with E-state index in [9.17, 15) is 0 Å². The van der Waals surface area contributed by atoms with Gasteiger partial charge in [-0.15, -0.1) is 0 Å². The molecule has 0 amide bonds. The number of ether oxygens (including phenoxy) is 2. The van der Waals surface area contributed by atoms with E-state index in [2.05, 4.69) is 55.4 Å². The molecule has 0 spiro atoms. The van der Waals surface area contributed by atoms with Crippen molar-refractivity contribution in [2.24, 2.45) is 10.9 Å². The maximum atomic E-state index is 5.82. The van der Waals surface area contributed by atoms with Gasteiger partial charge in [0.2, 0.25) is 0 Å². The SMILES string of the molecule is CCNC(=NCCCOCC1CCOCC1)N(C)Cc1ccc(C)cc1. The van der Waals surface area contributed by atoms with Gasteiger partial charge in [0.1, 0.15) is 0 Å². The predicted octanol–water partition coefficient (Wildman–Crippen LogP) is 3.23. The zero-order valence-electron chi connectivity index (χ0n) is 16.7. The van der Waals surface area contributed by atoms with Gasteiger partial charge in [-0.05, 0) is 44.6 Å². The molecule has 0 aliphatic carbocycles. The van der Waals surface area contributed by atoms with E-state index in [0.29, 0.717) is 5.92 Å². The van der Waals surface area contributed by atoms with Crippen LogP contribution in [-0.2, 0) is 16.0 Å². The van der Waals surface area contributed by atoms with Crippen molar-refractivity contribution in [1.29, 1.82) is 0 Å². The van der Waals surface area contributed by atoms with Crippen LogP contribution in [-0.4, -0.2) is 57.4 Å². The van der Waals surface area contributed by atoms with Crippen molar-refractivity contribution < 1.29 is 9.47 Å². The Morgan fingerprint density at radius 1 is 1.27 bits per heavy atom. The Labute approximate surface area is 158 Å². The number of aryl methyl sites for hydroxylation is 1. The lowest BCUT2D eigenvalue weighted by Crippen LogP contribution is -2.38. The van der Waals surface area contributed by atoms with Crippen LogP contribution >= 0.6 is 0 Å². The maximum Gasteiger partial charge on any atom is 0.193 e. The lowest BCUT2D eigenvalue weighted by atomic mass is 10.0. The zero-order valence-corrected chi connectivity index (χ0v) is 16.7. The predicted molar refractivity (Wildman–Crippen MR) is 108 cm³/mol. The van der Waals surface area contributed by atoms with Crippen LogP contribution in [0.2, 0.25) is 0 Å². The van der Waals surface area contributed by atoms with Crippen LogP contribution in [0.4, 0.5) is 0 Å². The second kappa shape index (κ2) is 11.9. The normalized spacial score (nSPS) is 15.9. The Bertz CT molecular complexity index is 525. The highest BCUT2D eigenvalue weighted by Crippen LogP contribution is 2.14. The lowest BCUT2D eigenvalue weighted by Gasteiger charge is -2.22. The molecule has 0 bridgehead atoms. The molecular weight excluding hydrogens is 326 g/mol. The maximum absolute atomic E-state index is 5.82. The first-order valence-corrected chi connectivity index (χ1v) is 9.89. The van der Waals surface area contributed by atoms with E-state index in [1.807, 2.05) is 0 Å². The Morgan fingerprint density at radius 2 is 2.00 bits per heavy atom. The number of aliphatic imine (C=N–C) groups is 1. The fourth-order valence-electron chi connectivity index (χ4n) is 3.03. The van der Waals surface area contributed by atoms with Gasteiger partial charge in [0, 0.05) is 53.1 Å². The molecule has 0 radical (unpaired) electrons. The van der Waals surface area contributed by atoms with Gasteiger partial charge in [0.15, 0.2) is 5.96 Å². The number of rotatable bonds is 9. The standard InChI is InChI=1S/C21H35N3O2/c1-4-22-21(24(3)16-19-8-6-18(2)7-9-19)23-12-5-13-26-17-20-10-14-25-15-11-20/h6-9,20H,4-5,10-17H2,1-3H3,(H,22,23). The molecule has 0 aromatic heterocycles. The van der Waals surface area contributed by atoms with Gasteiger partial charge in [-0.2, -0.15) is 0 Å². The Morgan fingerprint density at radius 3 is 2.69 bits per heavy atom. The first-order valence-electron chi connectivity index (χ1n) is 9.89. The van der Waals surface area contributed by atoms with Crippen molar-refractivity contribution in [3.8, 4) is 0 Å². The van der Waals surface area contributed by atoms with Crippen LogP contribution in [0.25, 0.3) is 0 Å². The van der Waals surface area contributed by atoms with Crippen LogP contribution in [0.1, 0.15) is 37.3 Å². The molecule has 1 saturated heterocycles. The minimum Gasteiger partial charge on any atom is -0.381 e. The van der Waals surface area contributed by atoms with Crippen molar-refractivity contribution in [2.45, 2.75) is 39.7 Å². The molecule has 2 rings (SSSR count). The van der Waals surface area contributed by atoms with Gasteiger partial charge >= 0.3 is 0 Å². The van der Waals surface area contributed by atoms with Gasteiger partial charge < -0.3 is 19.7 Å². The highest BCUT2D eigenvalue weighted by molar-refractivity contribution is 5.79. The minimum atomic E-state index is 0.671. The van der Waals surface area contributed by atoms with Gasteiger partial charge in [-0.1, -0.05) is 29.8 Å². The summed E-state index contributed by atoms with van der Waals surface area (Å²) in [6.07, 6.45) is 3.22. The minimum absolute atomic E-state index is 0.671. The quantitative estimate of drug-likeness (QED) is 0.417. The van der Waals surface area contributed by atoms with E-state index in [-0.39, 0.29) is 0 Å². The number of nitrogens with one attached hydrogen (secondary N) is 1. The second-order valence-corrected chi connectivity index (χ2v) is 7.06. The Kier molecular flexibility index (Phi) is 9.50. The van der Waals surface area contributed by atoms with Crippen molar-refractivity contribution >= 4 is 5.96 Å². The van der Waals surface area contributed by atoms with Crippen molar-refractivity contribution in [1.82, 2.24) is 10.2 Å². The third-order valence-corrected chi connectivity index (χ3v) is 4.64. The number of nitrogens with zero attached hydrogens (tertiary/aromatic N) is 2. The molecule has 146 valence electrons. The fourth-order valence-corrected chi connectivity index (χ4v) is 3.03. The molecule has 0 atom stereocenters. The van der Waals surface area contributed by atoms with Crippen molar-refractivity contribution in [3.63, 3.8) is 0 Å². The third-order valence-electron chi connectivity index (χ3n) is 4.64. The first kappa shape index (κ1) is 20.7. The molecule has 1 aliphatic rings. The number of hydrogen-bond donors (Lipinski definition) is 1. The van der Waals surface area contributed by atoms with Gasteiger partial charge in [0.25, 0.3) is 0 Å². The van der Waals surface area contributed by atoms with Crippen LogP contribution in [0, 0.1) is 12.8 Å². The fraction of sp³-hybridized carbons (Fsp3) is 0.667. The summed E-state index contributed by atoms with van der Waals surface area (Å²) in [5.74, 6) is 1.63. The topological polar surface area (TPSA) is 46.1 Å². The smallest absolute Gasteiger partial charge is 0.193 e. The molecule has 0 unspecified atom stereocenters. The van der Waals surface area contributed by atoms with Gasteiger partial charge in [-0.25, -0.2) is 0 Å². The van der Waals surface area contributed by atoms with E-state index in [4.69, 9.17) is 14.5 Å². The van der Waals surface area contributed by atoms with E-state index < -0.39 is 0 Å². The Balaban J connectivity index is 1.69. The molecule has 5 nitrogen and oxygen atoms in total. The Hall–Kier alpha value is -1.59. The van der Waals surface area contributed by atoms with Gasteiger partial charge in [0.05, 0.1) is 0 Å². The van der Waals surface area contributed by atoms with Crippen LogP contribution in [0.15, 0.2) is 29.3 Å². The summed E-state index contributed by atoms with van der Waals surface area (Å²) in [6.45, 7) is 10.1. The largest absolute Gasteiger partial charge is 0.381 e. The molecule has 1 N–H and O–H groups in total. The third kappa shape index (κ3) is 7.75. The molecule has 1 aromatic carbocycles. The average molecular weight is 362 g/mol. The molecule has 1 heterocycles.